The van der Waals surface area contributed by atoms with Gasteiger partial charge in [0.2, 0.25) is 5.91 Å². The highest BCUT2D eigenvalue weighted by molar-refractivity contribution is 5.95. The van der Waals surface area contributed by atoms with Crippen molar-refractivity contribution in [3.63, 3.8) is 0 Å². The van der Waals surface area contributed by atoms with Gasteiger partial charge in [0, 0.05) is 17.7 Å². The van der Waals surface area contributed by atoms with Gasteiger partial charge in [-0.05, 0) is 25.2 Å². The van der Waals surface area contributed by atoms with Crippen LogP contribution in [0.5, 0.6) is 0 Å². The largest absolute Gasteiger partial charge is 0.433 e. The van der Waals surface area contributed by atoms with Crippen molar-refractivity contribution in [1.82, 2.24) is 10.3 Å². The number of anilines is 1. The second kappa shape index (κ2) is 4.65. The third-order valence-corrected chi connectivity index (χ3v) is 4.48. The monoisotopic (exact) mass is 317 g/mol. The van der Waals surface area contributed by atoms with E-state index in [0.717, 1.165) is 6.42 Å². The minimum atomic E-state index is -4.77. The molecule has 2 heterocycles. The predicted octanol–water partition coefficient (Wildman–Crippen LogP) is 2.63. The number of alkyl halides is 3. The van der Waals surface area contributed by atoms with Gasteiger partial charge in [0.15, 0.2) is 0 Å². The molecule has 4 nitrogen and oxygen atoms in total. The zero-order chi connectivity index (χ0) is 16.3. The van der Waals surface area contributed by atoms with E-state index in [1.807, 2.05) is 6.92 Å². The normalized spacial score (nSPS) is 30.1. The summed E-state index contributed by atoms with van der Waals surface area (Å²) in [7, 11) is 0. The van der Waals surface area contributed by atoms with Crippen molar-refractivity contribution < 1.29 is 22.4 Å². The molecule has 1 saturated carbocycles. The van der Waals surface area contributed by atoms with E-state index in [-0.39, 0.29) is 22.8 Å². The Balaban J connectivity index is 1.80. The molecule has 2 fully saturated rings. The summed E-state index contributed by atoms with van der Waals surface area (Å²) in [6.45, 7) is 3.32. The van der Waals surface area contributed by atoms with Gasteiger partial charge in [-0.1, -0.05) is 6.92 Å². The minimum Gasteiger partial charge on any atom is -0.309 e. The van der Waals surface area contributed by atoms with Crippen LogP contribution < -0.4 is 10.6 Å². The number of piperidine rings is 1. The van der Waals surface area contributed by atoms with Crippen molar-refractivity contribution in [1.29, 1.82) is 0 Å². The maximum Gasteiger partial charge on any atom is 0.433 e. The maximum absolute atomic E-state index is 13.6. The van der Waals surface area contributed by atoms with Crippen molar-refractivity contribution in [2.75, 3.05) is 5.32 Å². The Hall–Kier alpha value is -1.70. The van der Waals surface area contributed by atoms with Gasteiger partial charge >= 0.3 is 6.18 Å². The lowest BCUT2D eigenvalue weighted by Crippen LogP contribution is -2.38. The molecule has 0 radical (unpaired) electrons. The fourth-order valence-corrected chi connectivity index (χ4v) is 2.88. The standard InChI is InChI=1S/C14H15F4N3O/c1-6-7(15)3-9(14(16,17)18)20-11(6)21-12(22)8-4-13(2)5-10(13)19-8/h3,8,10,19H,4-5H2,1-2H3,(H,20,21,22)/t8-,10+,13-/m0/s1. The Morgan fingerprint density at radius 3 is 2.68 bits per heavy atom. The van der Waals surface area contributed by atoms with Crippen molar-refractivity contribution >= 4 is 11.7 Å². The number of aromatic nitrogens is 1. The Morgan fingerprint density at radius 1 is 1.45 bits per heavy atom. The Kier molecular flexibility index (Phi) is 3.21. The van der Waals surface area contributed by atoms with Crippen LogP contribution in [-0.2, 0) is 11.0 Å². The van der Waals surface area contributed by atoms with Crippen LogP contribution in [0.1, 0.15) is 31.0 Å². The molecule has 1 aromatic rings. The van der Waals surface area contributed by atoms with Crippen LogP contribution in [0, 0.1) is 18.2 Å². The molecule has 1 amide bonds. The number of nitrogens with zero attached hydrogens (tertiary/aromatic N) is 1. The Bertz CT molecular complexity index is 646. The van der Waals surface area contributed by atoms with E-state index in [1.54, 1.807) is 0 Å². The summed E-state index contributed by atoms with van der Waals surface area (Å²) in [6.07, 6.45) is -3.16. The van der Waals surface area contributed by atoms with Crippen LogP contribution in [0.2, 0.25) is 0 Å². The topological polar surface area (TPSA) is 54.0 Å². The lowest BCUT2D eigenvalue weighted by atomic mass is 10.0. The molecule has 2 N–H and O–H groups in total. The number of pyridine rings is 1. The molecule has 0 spiro atoms. The molecule has 3 atom stereocenters. The molecule has 1 aliphatic carbocycles. The van der Waals surface area contributed by atoms with E-state index in [0.29, 0.717) is 12.5 Å². The first-order valence-electron chi connectivity index (χ1n) is 6.91. The molecule has 0 aromatic carbocycles. The van der Waals surface area contributed by atoms with Crippen LogP contribution in [0.25, 0.3) is 0 Å². The predicted molar refractivity (Wildman–Crippen MR) is 70.6 cm³/mol. The van der Waals surface area contributed by atoms with Crippen molar-refractivity contribution in [2.45, 2.75) is 44.9 Å². The number of rotatable bonds is 2. The maximum atomic E-state index is 13.6. The summed E-state index contributed by atoms with van der Waals surface area (Å²) in [4.78, 5) is 15.5. The van der Waals surface area contributed by atoms with E-state index in [4.69, 9.17) is 0 Å². The quantitative estimate of drug-likeness (QED) is 0.825. The van der Waals surface area contributed by atoms with E-state index in [1.165, 1.54) is 6.92 Å². The molecular weight excluding hydrogens is 302 g/mol. The summed E-state index contributed by atoms with van der Waals surface area (Å²) in [6, 6.07) is 0.118. The first kappa shape index (κ1) is 15.2. The number of carbonyl (C=O) groups is 1. The Labute approximate surface area is 124 Å². The van der Waals surface area contributed by atoms with Gasteiger partial charge in [-0.2, -0.15) is 13.2 Å². The van der Waals surface area contributed by atoms with E-state index >= 15 is 0 Å². The van der Waals surface area contributed by atoms with Gasteiger partial charge < -0.3 is 10.6 Å². The fraction of sp³-hybridized carbons (Fsp3) is 0.571. The van der Waals surface area contributed by atoms with Crippen LogP contribution in [0.4, 0.5) is 23.4 Å². The van der Waals surface area contributed by atoms with Crippen LogP contribution in [0.15, 0.2) is 6.07 Å². The van der Waals surface area contributed by atoms with Gasteiger partial charge in [-0.25, -0.2) is 9.37 Å². The van der Waals surface area contributed by atoms with Crippen LogP contribution in [0.3, 0.4) is 0 Å². The average Bonchev–Trinajstić information content (AvgIpc) is 2.91. The third kappa shape index (κ3) is 2.55. The van der Waals surface area contributed by atoms with E-state index < -0.39 is 29.6 Å². The summed E-state index contributed by atoms with van der Waals surface area (Å²) >= 11 is 0. The van der Waals surface area contributed by atoms with E-state index in [9.17, 15) is 22.4 Å². The number of amides is 1. The van der Waals surface area contributed by atoms with E-state index in [2.05, 4.69) is 15.6 Å². The SMILES string of the molecule is Cc1c(F)cc(C(F)(F)F)nc1NC(=O)[C@@H]1C[C@@]2(C)C[C@H]2N1. The first-order valence-corrected chi connectivity index (χ1v) is 6.91. The number of hydrogen-bond donors (Lipinski definition) is 2. The van der Waals surface area contributed by atoms with Gasteiger partial charge in [-0.15, -0.1) is 0 Å². The molecule has 8 heteroatoms. The molecule has 1 saturated heterocycles. The number of halogens is 4. The summed E-state index contributed by atoms with van der Waals surface area (Å²) in [5.74, 6) is -1.92. The van der Waals surface area contributed by atoms with Gasteiger partial charge in [0.05, 0.1) is 6.04 Å². The highest BCUT2D eigenvalue weighted by atomic mass is 19.4. The zero-order valence-electron chi connectivity index (χ0n) is 12.0. The summed E-state index contributed by atoms with van der Waals surface area (Å²) in [5, 5.41) is 5.42. The van der Waals surface area contributed by atoms with Gasteiger partial charge in [0.25, 0.3) is 0 Å². The van der Waals surface area contributed by atoms with Crippen LogP contribution in [-0.4, -0.2) is 23.0 Å². The number of nitrogens with one attached hydrogen (secondary N) is 2. The summed E-state index contributed by atoms with van der Waals surface area (Å²) < 4.78 is 51.6. The molecule has 1 aromatic heterocycles. The molecule has 3 rings (SSSR count). The second-order valence-electron chi connectivity index (χ2n) is 6.28. The van der Waals surface area contributed by atoms with Gasteiger partial charge in [-0.3, -0.25) is 4.79 Å². The average molecular weight is 317 g/mol. The molecule has 120 valence electrons. The molecule has 0 bridgehead atoms. The molecule has 2 aliphatic rings. The van der Waals surface area contributed by atoms with Crippen molar-refractivity contribution in [3.8, 4) is 0 Å². The molecule has 22 heavy (non-hydrogen) atoms. The lowest BCUT2D eigenvalue weighted by Gasteiger charge is -2.16. The van der Waals surface area contributed by atoms with Crippen molar-refractivity contribution in [3.05, 3.63) is 23.1 Å². The zero-order valence-corrected chi connectivity index (χ0v) is 12.0. The molecular formula is C14H15F4N3O. The molecule has 1 aliphatic heterocycles. The number of hydrogen-bond acceptors (Lipinski definition) is 3. The number of carbonyl (C=O) groups excluding carboxylic acids is 1. The fourth-order valence-electron chi connectivity index (χ4n) is 2.88. The summed E-state index contributed by atoms with van der Waals surface area (Å²) in [5.41, 5.74) is -1.39. The second-order valence-corrected chi connectivity index (χ2v) is 6.28. The van der Waals surface area contributed by atoms with Crippen molar-refractivity contribution in [2.24, 2.45) is 5.41 Å². The number of fused-ring (bicyclic) bond motifs is 1. The molecule has 0 unspecified atom stereocenters. The van der Waals surface area contributed by atoms with Crippen LogP contribution >= 0.6 is 0 Å². The first-order chi connectivity index (χ1) is 10.1. The third-order valence-electron chi connectivity index (χ3n) is 4.48. The Morgan fingerprint density at radius 2 is 2.14 bits per heavy atom. The minimum absolute atomic E-state index is 0.0869. The smallest absolute Gasteiger partial charge is 0.309 e. The highest BCUT2D eigenvalue weighted by Crippen LogP contribution is 2.53. The highest BCUT2D eigenvalue weighted by Gasteiger charge is 2.58. The van der Waals surface area contributed by atoms with Gasteiger partial charge in [0.1, 0.15) is 17.3 Å². The lowest BCUT2D eigenvalue weighted by molar-refractivity contribution is -0.141.